The van der Waals surface area contributed by atoms with E-state index in [1.54, 1.807) is 0 Å². The number of rotatable bonds is 30. The van der Waals surface area contributed by atoms with Crippen LogP contribution >= 0.6 is 0 Å². The second-order valence-corrected chi connectivity index (χ2v) is 26.0. The number of hydrogen-bond acceptors (Lipinski definition) is 3. The molecular weight excluding hydrogens is 1120 g/mol. The zero-order chi connectivity index (χ0) is 64.4. The van der Waals surface area contributed by atoms with E-state index in [-0.39, 0.29) is 11.0 Å². The Hall–Kier alpha value is -9.36. The van der Waals surface area contributed by atoms with Crippen LogP contribution in [-0.4, -0.2) is 5.54 Å². The third kappa shape index (κ3) is 15.8. The van der Waals surface area contributed by atoms with E-state index in [4.69, 9.17) is 0 Å². The summed E-state index contributed by atoms with van der Waals surface area (Å²) in [6.45, 7) is 16.3. The summed E-state index contributed by atoms with van der Waals surface area (Å²) in [4.78, 5) is 7.29. The van der Waals surface area contributed by atoms with Crippen molar-refractivity contribution in [1.82, 2.24) is 0 Å². The first-order valence-corrected chi connectivity index (χ1v) is 34.9. The molecule has 0 aliphatic carbocycles. The van der Waals surface area contributed by atoms with Gasteiger partial charge >= 0.3 is 0 Å². The van der Waals surface area contributed by atoms with Crippen molar-refractivity contribution in [2.45, 2.75) is 156 Å². The van der Waals surface area contributed by atoms with Gasteiger partial charge in [-0.15, -0.1) is 0 Å². The summed E-state index contributed by atoms with van der Waals surface area (Å²) in [5.41, 5.74) is 23.4. The standard InChI is InChI=1S/C90H95N3/c1-8-13-14-15-16-17-18-19-20-23-28-69-33-35-72(36-34-69)78-47-61-87(62-48-78)93(90(7,11-4)12-5)88-63-49-79(50-64-88)77-45-59-84(60-46-77)92(82-55-41-75(42-56-82)71-31-26-22-27-32-71)86-67-65-85(66-68-86)91(81-53-39-74(40-54-81)70-29-24-21-25-30-70)83-57-43-76(44-58-83)73-37-51-80(52-38-73)89(6,9-2)10-3/h21-22,24-27,29-33,35,37-68H,8-20,23,28H2,1-7H3. The number of nitrogens with zero attached hydrogens (tertiary/aromatic N) is 3. The average Bonchev–Trinajstić information content (AvgIpc) is 0.942. The summed E-state index contributed by atoms with van der Waals surface area (Å²) in [6, 6.07) is 105. The van der Waals surface area contributed by atoms with Crippen molar-refractivity contribution in [2.24, 2.45) is 0 Å². The van der Waals surface area contributed by atoms with Crippen LogP contribution < -0.4 is 14.7 Å². The van der Waals surface area contributed by atoms with Crippen LogP contribution in [0, 0.1) is 12.1 Å². The molecule has 0 aliphatic rings. The number of aryl methyl sites for hydroxylation is 1. The highest BCUT2D eigenvalue weighted by Gasteiger charge is 2.30. The molecule has 0 heterocycles. The lowest BCUT2D eigenvalue weighted by Crippen LogP contribution is -2.42. The summed E-state index contributed by atoms with van der Waals surface area (Å²) >= 11 is 0. The van der Waals surface area contributed by atoms with Gasteiger partial charge in [0.25, 0.3) is 0 Å². The van der Waals surface area contributed by atoms with Crippen molar-refractivity contribution in [3.05, 3.63) is 290 Å². The van der Waals surface area contributed by atoms with Crippen molar-refractivity contribution < 1.29 is 0 Å². The molecule has 0 fully saturated rings. The maximum absolute atomic E-state index is 3.52. The molecule has 11 aromatic carbocycles. The van der Waals surface area contributed by atoms with Crippen LogP contribution in [-0.2, 0) is 11.8 Å². The Balaban J connectivity index is 0.841. The molecule has 0 aliphatic heterocycles. The van der Waals surface area contributed by atoms with Crippen LogP contribution in [0.1, 0.15) is 149 Å². The van der Waals surface area contributed by atoms with Gasteiger partial charge in [0.15, 0.2) is 0 Å². The molecule has 0 amide bonds. The van der Waals surface area contributed by atoms with E-state index >= 15 is 0 Å². The highest BCUT2D eigenvalue weighted by Crippen LogP contribution is 2.44. The predicted molar refractivity (Wildman–Crippen MR) is 402 cm³/mol. The third-order valence-electron chi connectivity index (χ3n) is 20.1. The van der Waals surface area contributed by atoms with Gasteiger partial charge in [0.1, 0.15) is 0 Å². The zero-order valence-corrected chi connectivity index (χ0v) is 56.4. The minimum absolute atomic E-state index is 0.0843. The fourth-order valence-corrected chi connectivity index (χ4v) is 13.3. The Kier molecular flexibility index (Phi) is 21.9. The summed E-state index contributed by atoms with van der Waals surface area (Å²) in [5, 5.41) is 0. The van der Waals surface area contributed by atoms with Crippen LogP contribution in [0.4, 0.5) is 45.5 Å². The van der Waals surface area contributed by atoms with Gasteiger partial charge in [-0.1, -0.05) is 269 Å². The van der Waals surface area contributed by atoms with Gasteiger partial charge in [-0.2, -0.15) is 0 Å². The van der Waals surface area contributed by atoms with E-state index < -0.39 is 0 Å². The summed E-state index contributed by atoms with van der Waals surface area (Å²) < 4.78 is 0. The molecule has 0 saturated heterocycles. The second kappa shape index (κ2) is 31.3. The Morgan fingerprint density at radius 2 is 0.570 bits per heavy atom. The van der Waals surface area contributed by atoms with Crippen molar-refractivity contribution in [3.8, 4) is 55.6 Å². The highest BCUT2D eigenvalue weighted by atomic mass is 15.2. The molecule has 0 saturated carbocycles. The quantitative estimate of drug-likeness (QED) is 0.0416. The predicted octanol–water partition coefficient (Wildman–Crippen LogP) is 26.8. The molecule has 0 atom stereocenters. The van der Waals surface area contributed by atoms with E-state index in [9.17, 15) is 0 Å². The van der Waals surface area contributed by atoms with Crippen molar-refractivity contribution in [3.63, 3.8) is 0 Å². The lowest BCUT2D eigenvalue weighted by atomic mass is 9.77. The minimum Gasteiger partial charge on any atom is -0.336 e. The fourth-order valence-electron chi connectivity index (χ4n) is 13.3. The molecule has 3 nitrogen and oxygen atoms in total. The van der Waals surface area contributed by atoms with Crippen LogP contribution in [0.15, 0.2) is 267 Å². The summed E-state index contributed by atoms with van der Waals surface area (Å²) in [7, 11) is 0. The maximum atomic E-state index is 3.52. The lowest BCUT2D eigenvalue weighted by Gasteiger charge is -2.42. The molecule has 11 rings (SSSR count). The van der Waals surface area contributed by atoms with Crippen LogP contribution in [0.5, 0.6) is 0 Å². The highest BCUT2D eigenvalue weighted by molar-refractivity contribution is 5.85. The van der Waals surface area contributed by atoms with Crippen LogP contribution in [0.3, 0.4) is 0 Å². The van der Waals surface area contributed by atoms with Gasteiger partial charge < -0.3 is 14.7 Å². The van der Waals surface area contributed by atoms with Gasteiger partial charge in [-0.05, 0) is 216 Å². The Bertz CT molecular complexity index is 4000. The largest absolute Gasteiger partial charge is 0.336 e. The fraction of sp³-hybridized carbons (Fsp3) is 0.267. The minimum atomic E-state index is -0.0843. The molecule has 0 spiro atoms. The first-order valence-electron chi connectivity index (χ1n) is 34.9. The number of anilines is 8. The molecule has 470 valence electrons. The molecule has 0 bridgehead atoms. The van der Waals surface area contributed by atoms with Crippen LogP contribution in [0.2, 0.25) is 0 Å². The van der Waals surface area contributed by atoms with E-state index in [1.807, 2.05) is 0 Å². The van der Waals surface area contributed by atoms with Gasteiger partial charge in [-0.25, -0.2) is 0 Å². The third-order valence-corrected chi connectivity index (χ3v) is 20.1. The van der Waals surface area contributed by atoms with E-state index in [1.165, 1.54) is 137 Å². The van der Waals surface area contributed by atoms with E-state index in [0.29, 0.717) is 0 Å². The normalized spacial score (nSPS) is 11.5. The number of unbranched alkanes of at least 4 members (excludes halogenated alkanes) is 9. The molecule has 0 N–H and O–H groups in total. The molecule has 3 heteroatoms. The Morgan fingerprint density at radius 1 is 0.269 bits per heavy atom. The van der Waals surface area contributed by atoms with Gasteiger partial charge in [-0.3, -0.25) is 0 Å². The SMILES string of the molecule is CCCCCCCCCCCCc1c#cc(-c2ccc(N(c3ccc(-c4ccc(N(c5ccc(-c6ccccc6)cc5)c5ccc(N(c6ccc(-c7ccccc7)cc6)c6ccc(-c7ccc(C(C)(CC)CC)cc7)cc6)cc5)cc4)cc3)C(C)(CC)CC)cc2)cc1. The topological polar surface area (TPSA) is 9.72 Å². The van der Waals surface area contributed by atoms with E-state index in [0.717, 1.165) is 71.8 Å². The number of benzene rings is 10. The zero-order valence-electron chi connectivity index (χ0n) is 56.4. The molecule has 0 aromatic heterocycles. The van der Waals surface area contributed by atoms with Gasteiger partial charge in [0.2, 0.25) is 0 Å². The second-order valence-electron chi connectivity index (χ2n) is 26.0. The first-order chi connectivity index (χ1) is 45.6. The molecule has 0 radical (unpaired) electrons. The van der Waals surface area contributed by atoms with Gasteiger partial charge in [0, 0.05) is 62.2 Å². The van der Waals surface area contributed by atoms with E-state index in [2.05, 4.69) is 342 Å². The molecular formula is C90H95N3. The molecule has 0 unspecified atom stereocenters. The van der Waals surface area contributed by atoms with Crippen LogP contribution in [0.25, 0.3) is 55.6 Å². The Morgan fingerprint density at radius 3 is 0.892 bits per heavy atom. The first kappa shape index (κ1) is 65.1. The molecule has 93 heavy (non-hydrogen) atoms. The smallest absolute Gasteiger partial charge is 0.0463 e. The lowest BCUT2D eigenvalue weighted by molar-refractivity contribution is 0.428. The molecule has 11 aromatic rings. The summed E-state index contributed by atoms with van der Waals surface area (Å²) in [6.07, 6.45) is 18.9. The summed E-state index contributed by atoms with van der Waals surface area (Å²) in [5.74, 6) is 0. The van der Waals surface area contributed by atoms with Crippen molar-refractivity contribution in [1.29, 1.82) is 0 Å². The van der Waals surface area contributed by atoms with Crippen molar-refractivity contribution in [2.75, 3.05) is 14.7 Å². The monoisotopic (exact) mass is 1220 g/mol. The average molecular weight is 1220 g/mol. The number of hydrogen-bond donors (Lipinski definition) is 0. The van der Waals surface area contributed by atoms with Crippen molar-refractivity contribution >= 4 is 45.5 Å². The maximum Gasteiger partial charge on any atom is 0.0463 e. The Labute approximate surface area is 558 Å². The van der Waals surface area contributed by atoms with Gasteiger partial charge in [0.05, 0.1) is 0 Å².